The molecule has 0 fully saturated rings. The number of amides is 1. The molecule has 0 atom stereocenters. The molecular formula is C24H16Cl2N2O4. The number of nitriles is 1. The van der Waals surface area contributed by atoms with Gasteiger partial charge in [-0.1, -0.05) is 53.5 Å². The van der Waals surface area contributed by atoms with Crippen molar-refractivity contribution in [3.05, 3.63) is 99.0 Å². The molecule has 160 valence electrons. The lowest BCUT2D eigenvalue weighted by molar-refractivity contribution is -0.112. The molecule has 0 aromatic heterocycles. The number of nitrogens with zero attached hydrogens (tertiary/aromatic N) is 1. The number of carbonyl (C=O) groups excluding carboxylic acids is 1. The van der Waals surface area contributed by atoms with Crippen LogP contribution < -0.4 is 10.1 Å². The molecule has 0 unspecified atom stereocenters. The first-order valence-electron chi connectivity index (χ1n) is 9.29. The van der Waals surface area contributed by atoms with Crippen LogP contribution >= 0.6 is 23.2 Å². The van der Waals surface area contributed by atoms with Crippen LogP contribution in [0.1, 0.15) is 21.5 Å². The van der Waals surface area contributed by atoms with Gasteiger partial charge in [0.15, 0.2) is 0 Å². The van der Waals surface area contributed by atoms with Gasteiger partial charge in [-0.15, -0.1) is 0 Å². The van der Waals surface area contributed by atoms with Crippen LogP contribution in [0.4, 0.5) is 5.69 Å². The van der Waals surface area contributed by atoms with Gasteiger partial charge in [0.05, 0.1) is 15.6 Å². The number of hydrogen-bond acceptors (Lipinski definition) is 4. The summed E-state index contributed by atoms with van der Waals surface area (Å²) in [4.78, 5) is 23.5. The molecule has 0 bridgehead atoms. The zero-order valence-corrected chi connectivity index (χ0v) is 18.0. The average Bonchev–Trinajstić information content (AvgIpc) is 2.79. The Labute approximate surface area is 194 Å². The number of nitrogens with one attached hydrogen (secondary N) is 1. The van der Waals surface area contributed by atoms with Gasteiger partial charge in [0.25, 0.3) is 5.91 Å². The second-order valence-electron chi connectivity index (χ2n) is 6.58. The summed E-state index contributed by atoms with van der Waals surface area (Å²) >= 11 is 11.8. The molecule has 6 nitrogen and oxygen atoms in total. The first-order chi connectivity index (χ1) is 15.4. The second kappa shape index (κ2) is 10.5. The molecule has 0 spiro atoms. The van der Waals surface area contributed by atoms with E-state index in [4.69, 9.17) is 33.0 Å². The fourth-order valence-electron chi connectivity index (χ4n) is 2.71. The Kier molecular flexibility index (Phi) is 7.50. The van der Waals surface area contributed by atoms with E-state index in [0.717, 1.165) is 5.56 Å². The van der Waals surface area contributed by atoms with Crippen molar-refractivity contribution in [2.24, 2.45) is 0 Å². The number of hydrogen-bond donors (Lipinski definition) is 2. The van der Waals surface area contributed by atoms with Crippen molar-refractivity contribution in [2.75, 3.05) is 5.32 Å². The van der Waals surface area contributed by atoms with Crippen LogP contribution in [0.25, 0.3) is 6.08 Å². The minimum absolute atomic E-state index is 0.127. The second-order valence-corrected chi connectivity index (χ2v) is 7.40. The topological polar surface area (TPSA) is 99.4 Å². The number of anilines is 1. The summed E-state index contributed by atoms with van der Waals surface area (Å²) in [6.07, 6.45) is 1.43. The maximum Gasteiger partial charge on any atom is 0.335 e. The average molecular weight is 467 g/mol. The van der Waals surface area contributed by atoms with Crippen LogP contribution in [0.15, 0.2) is 72.3 Å². The molecule has 32 heavy (non-hydrogen) atoms. The summed E-state index contributed by atoms with van der Waals surface area (Å²) in [5.41, 5.74) is 1.77. The molecule has 3 aromatic carbocycles. The van der Waals surface area contributed by atoms with Gasteiger partial charge in [-0.3, -0.25) is 4.79 Å². The first kappa shape index (κ1) is 22.9. The van der Waals surface area contributed by atoms with E-state index in [2.05, 4.69) is 5.32 Å². The van der Waals surface area contributed by atoms with Crippen LogP contribution in [0, 0.1) is 11.3 Å². The molecule has 1 amide bonds. The van der Waals surface area contributed by atoms with Crippen molar-refractivity contribution >= 4 is 46.8 Å². The summed E-state index contributed by atoms with van der Waals surface area (Å²) in [6, 6.07) is 19.8. The Morgan fingerprint density at radius 2 is 1.75 bits per heavy atom. The molecule has 8 heteroatoms. The van der Waals surface area contributed by atoms with Gasteiger partial charge < -0.3 is 15.2 Å². The SMILES string of the molecule is N#C/C(=C\c1ccccc1OCc1ccc(C(=O)O)cc1)C(=O)Nc1ccc(Cl)c(Cl)c1. The first-order valence-corrected chi connectivity index (χ1v) is 10.0. The highest BCUT2D eigenvalue weighted by molar-refractivity contribution is 6.42. The lowest BCUT2D eigenvalue weighted by Gasteiger charge is -2.10. The zero-order chi connectivity index (χ0) is 23.1. The molecule has 0 heterocycles. The van der Waals surface area contributed by atoms with Crippen LogP contribution in [0.2, 0.25) is 10.0 Å². The van der Waals surface area contributed by atoms with Gasteiger partial charge in [-0.05, 0) is 48.0 Å². The highest BCUT2D eigenvalue weighted by Gasteiger charge is 2.12. The Balaban J connectivity index is 1.76. The third kappa shape index (κ3) is 5.88. The quantitative estimate of drug-likeness (QED) is 0.337. The molecular weight excluding hydrogens is 451 g/mol. The van der Waals surface area contributed by atoms with Crippen LogP contribution in [-0.4, -0.2) is 17.0 Å². The largest absolute Gasteiger partial charge is 0.488 e. The highest BCUT2D eigenvalue weighted by Crippen LogP contribution is 2.26. The molecule has 0 aliphatic heterocycles. The van der Waals surface area contributed by atoms with Gasteiger partial charge in [-0.2, -0.15) is 5.26 Å². The molecule has 0 saturated heterocycles. The van der Waals surface area contributed by atoms with Crippen molar-refractivity contribution < 1.29 is 19.4 Å². The van der Waals surface area contributed by atoms with E-state index in [1.807, 2.05) is 6.07 Å². The van der Waals surface area contributed by atoms with E-state index in [1.54, 1.807) is 48.5 Å². The number of rotatable bonds is 7. The minimum atomic E-state index is -1.00. The molecule has 0 radical (unpaired) electrons. The molecule has 0 aliphatic carbocycles. The fraction of sp³-hybridized carbons (Fsp3) is 0.0417. The fourth-order valence-corrected chi connectivity index (χ4v) is 3.01. The van der Waals surface area contributed by atoms with Crippen LogP contribution in [-0.2, 0) is 11.4 Å². The van der Waals surface area contributed by atoms with Gasteiger partial charge in [0.1, 0.15) is 24.0 Å². The number of benzene rings is 3. The standard InChI is InChI=1S/C24H16Cl2N2O4/c25-20-10-9-19(12-21(20)26)28-23(29)18(13-27)11-17-3-1-2-4-22(17)32-14-15-5-7-16(8-6-15)24(30)31/h1-12H,14H2,(H,28,29)(H,30,31)/b18-11+. The predicted molar refractivity (Wildman–Crippen MR) is 123 cm³/mol. The molecule has 0 aliphatic rings. The zero-order valence-electron chi connectivity index (χ0n) is 16.5. The summed E-state index contributed by atoms with van der Waals surface area (Å²) in [7, 11) is 0. The summed E-state index contributed by atoms with van der Waals surface area (Å²) in [5.74, 6) is -1.15. The Morgan fingerprint density at radius 1 is 1.03 bits per heavy atom. The van der Waals surface area contributed by atoms with Crippen molar-refractivity contribution in [2.45, 2.75) is 6.61 Å². The van der Waals surface area contributed by atoms with Gasteiger partial charge in [-0.25, -0.2) is 4.79 Å². The van der Waals surface area contributed by atoms with E-state index in [1.165, 1.54) is 24.3 Å². The lowest BCUT2D eigenvalue weighted by Crippen LogP contribution is -2.13. The number of carboxylic acids is 1. The van der Waals surface area contributed by atoms with Gasteiger partial charge >= 0.3 is 5.97 Å². The maximum atomic E-state index is 12.6. The van der Waals surface area contributed by atoms with E-state index < -0.39 is 11.9 Å². The summed E-state index contributed by atoms with van der Waals surface area (Å²) in [6.45, 7) is 0.183. The minimum Gasteiger partial charge on any atom is -0.488 e. The monoisotopic (exact) mass is 466 g/mol. The smallest absolute Gasteiger partial charge is 0.335 e. The normalized spacial score (nSPS) is 10.8. The molecule has 3 rings (SSSR count). The highest BCUT2D eigenvalue weighted by atomic mass is 35.5. The number of ether oxygens (including phenoxy) is 1. The summed E-state index contributed by atoms with van der Waals surface area (Å²) < 4.78 is 5.83. The number of aromatic carboxylic acids is 1. The Morgan fingerprint density at radius 3 is 2.41 bits per heavy atom. The lowest BCUT2D eigenvalue weighted by atomic mass is 10.1. The Hall–Kier alpha value is -3.79. The van der Waals surface area contributed by atoms with E-state index in [0.29, 0.717) is 22.0 Å². The Bertz CT molecular complexity index is 1230. The number of para-hydroxylation sites is 1. The maximum absolute atomic E-state index is 12.6. The van der Waals surface area contributed by atoms with Gasteiger partial charge in [0.2, 0.25) is 0 Å². The van der Waals surface area contributed by atoms with E-state index in [-0.39, 0.29) is 22.8 Å². The molecule has 3 aromatic rings. The van der Waals surface area contributed by atoms with Crippen molar-refractivity contribution in [1.29, 1.82) is 5.26 Å². The van der Waals surface area contributed by atoms with Crippen molar-refractivity contribution in [3.8, 4) is 11.8 Å². The third-order valence-electron chi connectivity index (χ3n) is 4.36. The number of halogens is 2. The van der Waals surface area contributed by atoms with Crippen molar-refractivity contribution in [3.63, 3.8) is 0 Å². The van der Waals surface area contributed by atoms with Gasteiger partial charge in [0, 0.05) is 11.3 Å². The van der Waals surface area contributed by atoms with Crippen LogP contribution in [0.3, 0.4) is 0 Å². The third-order valence-corrected chi connectivity index (χ3v) is 5.10. The molecule has 2 N–H and O–H groups in total. The van der Waals surface area contributed by atoms with Crippen LogP contribution in [0.5, 0.6) is 5.75 Å². The number of carboxylic acid groups (broad SMARTS) is 1. The number of carbonyl (C=O) groups is 2. The van der Waals surface area contributed by atoms with E-state index in [9.17, 15) is 14.9 Å². The van der Waals surface area contributed by atoms with Crippen molar-refractivity contribution in [1.82, 2.24) is 0 Å². The predicted octanol–water partition coefficient (Wildman–Crippen LogP) is 5.82. The van der Waals surface area contributed by atoms with E-state index >= 15 is 0 Å². The summed E-state index contributed by atoms with van der Waals surface area (Å²) in [5, 5.41) is 21.7. The molecule has 0 saturated carbocycles.